The van der Waals surface area contributed by atoms with Crippen LogP contribution >= 0.6 is 11.3 Å². The maximum atomic E-state index is 11.8. The normalized spacial score (nSPS) is 10.4. The molecule has 2 N–H and O–H groups in total. The molecule has 0 aromatic carbocycles. The number of hydrogen-bond donors (Lipinski definition) is 2. The fourth-order valence-corrected chi connectivity index (χ4v) is 2.31. The second kappa shape index (κ2) is 4.49. The zero-order chi connectivity index (χ0) is 11.5. The molecule has 0 radical (unpaired) electrons. The first kappa shape index (κ1) is 10.9. The summed E-state index contributed by atoms with van der Waals surface area (Å²) in [6, 6.07) is 1.94. The van der Waals surface area contributed by atoms with Crippen molar-refractivity contribution in [3.05, 3.63) is 39.6 Å². The Bertz CT molecular complexity index is 487. The first-order valence-corrected chi connectivity index (χ1v) is 5.82. The van der Waals surface area contributed by atoms with E-state index in [2.05, 4.69) is 15.3 Å². The van der Waals surface area contributed by atoms with Crippen LogP contribution in [0.4, 0.5) is 0 Å². The molecule has 0 aliphatic carbocycles. The first-order valence-electron chi connectivity index (χ1n) is 5.00. The summed E-state index contributed by atoms with van der Waals surface area (Å²) >= 11 is 1.43. The van der Waals surface area contributed by atoms with Crippen molar-refractivity contribution in [2.24, 2.45) is 0 Å². The minimum Gasteiger partial charge on any atom is -0.367 e. The van der Waals surface area contributed by atoms with E-state index in [1.165, 1.54) is 11.3 Å². The molecular formula is C11H13N3OS. The van der Waals surface area contributed by atoms with Gasteiger partial charge in [0.15, 0.2) is 0 Å². The molecule has 5 heteroatoms. The minimum absolute atomic E-state index is 0.0516. The molecule has 0 unspecified atom stereocenters. The van der Waals surface area contributed by atoms with Crippen molar-refractivity contribution in [3.63, 3.8) is 0 Å². The molecule has 0 bridgehead atoms. The van der Waals surface area contributed by atoms with Gasteiger partial charge in [-0.1, -0.05) is 0 Å². The van der Waals surface area contributed by atoms with Crippen LogP contribution in [-0.2, 0) is 6.54 Å². The van der Waals surface area contributed by atoms with E-state index in [1.54, 1.807) is 0 Å². The van der Waals surface area contributed by atoms with Gasteiger partial charge in [0.05, 0.1) is 10.7 Å². The van der Waals surface area contributed by atoms with E-state index in [0.29, 0.717) is 11.4 Å². The summed E-state index contributed by atoms with van der Waals surface area (Å²) in [4.78, 5) is 19.7. The lowest BCUT2D eigenvalue weighted by molar-refractivity contribution is 0.0954. The van der Waals surface area contributed by atoms with Gasteiger partial charge in [0, 0.05) is 18.9 Å². The van der Waals surface area contributed by atoms with Crippen LogP contribution in [0.1, 0.15) is 25.9 Å². The van der Waals surface area contributed by atoms with Gasteiger partial charge >= 0.3 is 0 Å². The number of aromatic amines is 1. The number of nitrogens with one attached hydrogen (secondary N) is 2. The van der Waals surface area contributed by atoms with E-state index in [0.717, 1.165) is 16.3 Å². The molecule has 0 aliphatic rings. The number of carbonyl (C=O) groups excluding carboxylic acids is 1. The number of amides is 1. The average molecular weight is 235 g/mol. The van der Waals surface area contributed by atoms with Crippen molar-refractivity contribution < 1.29 is 4.79 Å². The van der Waals surface area contributed by atoms with E-state index in [1.807, 2.05) is 32.3 Å². The van der Waals surface area contributed by atoms with Gasteiger partial charge in [-0.3, -0.25) is 4.79 Å². The Morgan fingerprint density at radius 1 is 1.56 bits per heavy atom. The number of aromatic nitrogens is 2. The molecule has 0 fully saturated rings. The number of thiazole rings is 1. The zero-order valence-electron chi connectivity index (χ0n) is 9.20. The van der Waals surface area contributed by atoms with E-state index in [9.17, 15) is 4.79 Å². The largest absolute Gasteiger partial charge is 0.367 e. The van der Waals surface area contributed by atoms with Crippen LogP contribution in [0.15, 0.2) is 18.5 Å². The Kier molecular flexibility index (Phi) is 3.05. The van der Waals surface area contributed by atoms with Gasteiger partial charge < -0.3 is 10.3 Å². The average Bonchev–Trinajstić information content (AvgIpc) is 2.84. The monoisotopic (exact) mass is 235 g/mol. The van der Waals surface area contributed by atoms with Gasteiger partial charge in [0.25, 0.3) is 5.91 Å². The molecule has 2 aromatic rings. The Labute approximate surface area is 97.7 Å². The lowest BCUT2D eigenvalue weighted by atomic mass is 10.3. The third-order valence-corrected chi connectivity index (χ3v) is 3.30. The molecule has 84 valence electrons. The van der Waals surface area contributed by atoms with Crippen molar-refractivity contribution in [3.8, 4) is 0 Å². The molecule has 1 amide bonds. The Hall–Kier alpha value is -1.62. The van der Waals surface area contributed by atoms with Crippen molar-refractivity contribution in [1.29, 1.82) is 0 Å². The quantitative estimate of drug-likeness (QED) is 0.855. The minimum atomic E-state index is -0.0516. The van der Waals surface area contributed by atoms with Crippen LogP contribution in [0, 0.1) is 13.8 Å². The predicted molar refractivity (Wildman–Crippen MR) is 63.6 cm³/mol. The summed E-state index contributed by atoms with van der Waals surface area (Å²) in [5, 5.41) is 3.79. The highest BCUT2D eigenvalue weighted by atomic mass is 32.1. The molecule has 0 saturated heterocycles. The third-order valence-electron chi connectivity index (χ3n) is 2.23. The highest BCUT2D eigenvalue weighted by Crippen LogP contribution is 2.16. The number of nitrogens with zero attached hydrogens (tertiary/aromatic N) is 1. The molecular weight excluding hydrogens is 222 g/mol. The maximum absolute atomic E-state index is 11.8. The standard InChI is InChI=1S/C11H13N3OS/c1-7-10(16-8(2)14-7)11(15)13-6-9-3-4-12-5-9/h3-5,12H,6H2,1-2H3,(H,13,15). The lowest BCUT2D eigenvalue weighted by Crippen LogP contribution is -2.22. The van der Waals surface area contributed by atoms with Crippen molar-refractivity contribution >= 4 is 17.2 Å². The van der Waals surface area contributed by atoms with Gasteiger partial charge in [-0.2, -0.15) is 0 Å². The Morgan fingerprint density at radius 3 is 2.94 bits per heavy atom. The molecule has 0 aliphatic heterocycles. The fraction of sp³-hybridized carbons (Fsp3) is 0.273. The van der Waals surface area contributed by atoms with E-state index >= 15 is 0 Å². The number of rotatable bonds is 3. The highest BCUT2D eigenvalue weighted by Gasteiger charge is 2.12. The SMILES string of the molecule is Cc1nc(C)c(C(=O)NCc2cc[nH]c2)s1. The molecule has 0 saturated carbocycles. The van der Waals surface area contributed by atoms with Crippen LogP contribution in [0.3, 0.4) is 0 Å². The Balaban J connectivity index is 2.01. The van der Waals surface area contributed by atoms with Crippen molar-refractivity contribution in [1.82, 2.24) is 15.3 Å². The van der Waals surface area contributed by atoms with Gasteiger partial charge in [0.2, 0.25) is 0 Å². The Morgan fingerprint density at radius 2 is 2.38 bits per heavy atom. The summed E-state index contributed by atoms with van der Waals surface area (Å²) in [6.45, 7) is 4.30. The summed E-state index contributed by atoms with van der Waals surface area (Å²) in [7, 11) is 0. The van der Waals surface area contributed by atoms with E-state index in [-0.39, 0.29) is 5.91 Å². The highest BCUT2D eigenvalue weighted by molar-refractivity contribution is 7.13. The predicted octanol–water partition coefficient (Wildman–Crippen LogP) is 2.02. The first-order chi connectivity index (χ1) is 7.66. The molecule has 0 spiro atoms. The molecule has 2 heterocycles. The summed E-state index contributed by atoms with van der Waals surface area (Å²) in [6.07, 6.45) is 3.70. The van der Waals surface area contributed by atoms with Crippen LogP contribution in [0.25, 0.3) is 0 Å². The van der Waals surface area contributed by atoms with Crippen molar-refractivity contribution in [2.75, 3.05) is 0 Å². The van der Waals surface area contributed by atoms with Gasteiger partial charge in [-0.25, -0.2) is 4.98 Å². The van der Waals surface area contributed by atoms with E-state index in [4.69, 9.17) is 0 Å². The van der Waals surface area contributed by atoms with Crippen LogP contribution in [0.2, 0.25) is 0 Å². The second-order valence-corrected chi connectivity index (χ2v) is 4.75. The maximum Gasteiger partial charge on any atom is 0.263 e. The van der Waals surface area contributed by atoms with Gasteiger partial charge in [-0.05, 0) is 25.5 Å². The number of carbonyl (C=O) groups is 1. The lowest BCUT2D eigenvalue weighted by Gasteiger charge is -2.01. The second-order valence-electron chi connectivity index (χ2n) is 3.55. The van der Waals surface area contributed by atoms with Crippen molar-refractivity contribution in [2.45, 2.75) is 20.4 Å². The molecule has 0 atom stereocenters. The van der Waals surface area contributed by atoms with Crippen LogP contribution in [0.5, 0.6) is 0 Å². The molecule has 16 heavy (non-hydrogen) atoms. The topological polar surface area (TPSA) is 57.8 Å². The number of hydrogen-bond acceptors (Lipinski definition) is 3. The summed E-state index contributed by atoms with van der Waals surface area (Å²) in [5.41, 5.74) is 1.86. The summed E-state index contributed by atoms with van der Waals surface area (Å²) < 4.78 is 0. The van der Waals surface area contributed by atoms with Crippen LogP contribution < -0.4 is 5.32 Å². The molecule has 2 aromatic heterocycles. The number of aryl methyl sites for hydroxylation is 2. The molecule has 2 rings (SSSR count). The smallest absolute Gasteiger partial charge is 0.263 e. The zero-order valence-corrected chi connectivity index (χ0v) is 10.0. The van der Waals surface area contributed by atoms with Gasteiger partial charge in [-0.15, -0.1) is 11.3 Å². The summed E-state index contributed by atoms with van der Waals surface area (Å²) in [5.74, 6) is -0.0516. The molecule has 4 nitrogen and oxygen atoms in total. The number of H-pyrrole nitrogens is 1. The fourth-order valence-electron chi connectivity index (χ4n) is 1.47. The van der Waals surface area contributed by atoms with Crippen LogP contribution in [-0.4, -0.2) is 15.9 Å². The van der Waals surface area contributed by atoms with E-state index < -0.39 is 0 Å². The van der Waals surface area contributed by atoms with Gasteiger partial charge in [0.1, 0.15) is 4.88 Å². The third kappa shape index (κ3) is 2.30.